The van der Waals surface area contributed by atoms with Crippen molar-refractivity contribution in [3.8, 4) is 0 Å². The third-order valence-corrected chi connectivity index (χ3v) is 8.60. The van der Waals surface area contributed by atoms with Gasteiger partial charge in [-0.3, -0.25) is 0 Å². The van der Waals surface area contributed by atoms with Gasteiger partial charge in [-0.05, 0) is 184 Å². The molecule has 3 fully saturated rings. The molecular formula is C34H39+. The van der Waals surface area contributed by atoms with Crippen LogP contribution in [-0.4, -0.2) is 0 Å². The fourth-order valence-corrected chi connectivity index (χ4v) is 6.90. The van der Waals surface area contributed by atoms with Crippen molar-refractivity contribution < 1.29 is 0 Å². The van der Waals surface area contributed by atoms with E-state index in [1.165, 1.54) is 94.5 Å². The van der Waals surface area contributed by atoms with E-state index in [9.17, 15) is 0 Å². The van der Waals surface area contributed by atoms with Crippen molar-refractivity contribution in [2.45, 2.75) is 97.8 Å². The average Bonchev–Trinajstić information content (AvgIpc) is 3.56. The van der Waals surface area contributed by atoms with Crippen molar-refractivity contribution in [1.82, 2.24) is 0 Å². The molecular weight excluding hydrogens is 408 g/mol. The summed E-state index contributed by atoms with van der Waals surface area (Å²) in [5.74, 6) is 3.79. The molecule has 0 atom stereocenters. The molecule has 0 heteroatoms. The predicted molar refractivity (Wildman–Crippen MR) is 144 cm³/mol. The highest BCUT2D eigenvalue weighted by atomic mass is 14.4. The minimum atomic E-state index is 0.794. The van der Waals surface area contributed by atoms with Gasteiger partial charge < -0.3 is 0 Å². The number of rotatable bonds is 6. The quantitative estimate of drug-likeness (QED) is 0.261. The molecule has 0 spiro atoms. The Labute approximate surface area is 206 Å². The molecule has 0 bridgehead atoms. The van der Waals surface area contributed by atoms with Crippen LogP contribution in [0.2, 0.25) is 0 Å². The van der Waals surface area contributed by atoms with Crippen molar-refractivity contribution in [3.05, 3.63) is 109 Å². The highest BCUT2D eigenvalue weighted by Crippen LogP contribution is 2.48. The van der Waals surface area contributed by atoms with Gasteiger partial charge in [-0.15, -0.1) is 0 Å². The van der Waals surface area contributed by atoms with Gasteiger partial charge in [-0.25, -0.2) is 0 Å². The van der Waals surface area contributed by atoms with Crippen LogP contribution in [0.4, 0.5) is 0 Å². The first-order valence-corrected chi connectivity index (χ1v) is 13.5. The van der Waals surface area contributed by atoms with Crippen molar-refractivity contribution in [2.75, 3.05) is 0 Å². The van der Waals surface area contributed by atoms with E-state index >= 15 is 0 Å². The zero-order valence-electron chi connectivity index (χ0n) is 21.9. The van der Waals surface area contributed by atoms with E-state index in [-0.39, 0.29) is 0 Å². The van der Waals surface area contributed by atoms with Crippen LogP contribution in [0.1, 0.15) is 123 Å². The maximum atomic E-state index is 2.48. The van der Waals surface area contributed by atoms with E-state index in [0.717, 1.165) is 17.8 Å². The third kappa shape index (κ3) is 3.90. The summed E-state index contributed by atoms with van der Waals surface area (Å²) in [5.41, 5.74) is 17.8. The topological polar surface area (TPSA) is 0 Å². The van der Waals surface area contributed by atoms with Gasteiger partial charge in [-0.1, -0.05) is 0 Å². The summed E-state index contributed by atoms with van der Waals surface area (Å²) in [7, 11) is 0. The van der Waals surface area contributed by atoms with Gasteiger partial charge in [0.25, 0.3) is 0 Å². The van der Waals surface area contributed by atoms with Gasteiger partial charge in [0.2, 0.25) is 0 Å². The number of benzene rings is 3. The maximum absolute atomic E-state index is 2.48. The zero-order chi connectivity index (χ0) is 23.7. The lowest BCUT2D eigenvalue weighted by Gasteiger charge is -2.20. The van der Waals surface area contributed by atoms with Gasteiger partial charge in [0, 0.05) is 0 Å². The Kier molecular flexibility index (Phi) is 5.21. The monoisotopic (exact) mass is 447 g/mol. The Balaban J connectivity index is 1.52. The van der Waals surface area contributed by atoms with Gasteiger partial charge in [0.05, 0.1) is 22.6 Å². The number of hydrogen-bond acceptors (Lipinski definition) is 0. The molecule has 3 saturated carbocycles. The van der Waals surface area contributed by atoms with Crippen molar-refractivity contribution in [3.63, 3.8) is 0 Å². The largest absolute Gasteiger partial charge is 0.0632 e. The fourth-order valence-electron chi connectivity index (χ4n) is 6.90. The molecule has 3 aliphatic carbocycles. The van der Waals surface area contributed by atoms with Crippen molar-refractivity contribution in [2.24, 2.45) is 0 Å². The molecule has 3 aromatic carbocycles. The van der Waals surface area contributed by atoms with E-state index in [1.807, 2.05) is 0 Å². The minimum absolute atomic E-state index is 0.794. The molecule has 3 aromatic rings. The van der Waals surface area contributed by atoms with Crippen molar-refractivity contribution >= 4 is 0 Å². The molecule has 0 N–H and O–H groups in total. The summed E-state index contributed by atoms with van der Waals surface area (Å²) in [5, 5.41) is 0. The molecule has 34 heavy (non-hydrogen) atoms. The minimum Gasteiger partial charge on any atom is -0.0457 e. The summed E-state index contributed by atoms with van der Waals surface area (Å²) in [6.07, 6.45) is 8.16. The third-order valence-electron chi connectivity index (χ3n) is 8.60. The molecule has 0 unspecified atom stereocenters. The van der Waals surface area contributed by atoms with Crippen molar-refractivity contribution in [1.29, 1.82) is 0 Å². The summed E-state index contributed by atoms with van der Waals surface area (Å²) in [4.78, 5) is 0. The first-order valence-electron chi connectivity index (χ1n) is 13.5. The van der Waals surface area contributed by atoms with Crippen LogP contribution in [0.15, 0.2) is 36.4 Å². The molecule has 6 rings (SSSR count). The molecule has 3 aliphatic rings. The lowest BCUT2D eigenvalue weighted by Crippen LogP contribution is -2.10. The molecule has 0 saturated heterocycles. The van der Waals surface area contributed by atoms with Crippen LogP contribution < -0.4 is 0 Å². The number of hydrogen-bond donors (Lipinski definition) is 0. The van der Waals surface area contributed by atoms with Gasteiger partial charge in [-0.2, -0.15) is 0 Å². The Morgan fingerprint density at radius 1 is 0.412 bits per heavy atom. The summed E-state index contributed by atoms with van der Waals surface area (Å²) < 4.78 is 0. The van der Waals surface area contributed by atoms with E-state index in [4.69, 9.17) is 0 Å². The van der Waals surface area contributed by atoms with Crippen LogP contribution in [0, 0.1) is 47.5 Å². The molecule has 0 aromatic heterocycles. The smallest absolute Gasteiger partial charge is 0.0457 e. The van der Waals surface area contributed by atoms with Crippen LogP contribution >= 0.6 is 0 Å². The van der Waals surface area contributed by atoms with Gasteiger partial charge >= 0.3 is 0 Å². The lowest BCUT2D eigenvalue weighted by molar-refractivity contribution is 1.03. The highest BCUT2D eigenvalue weighted by molar-refractivity contribution is 5.64. The summed E-state index contributed by atoms with van der Waals surface area (Å²) in [6, 6.07) is 14.9. The normalized spacial score (nSPS) is 17.8. The van der Waals surface area contributed by atoms with Crippen LogP contribution in [0.25, 0.3) is 0 Å². The van der Waals surface area contributed by atoms with Crippen LogP contribution in [-0.2, 0) is 0 Å². The highest BCUT2D eigenvalue weighted by Gasteiger charge is 2.34. The summed E-state index contributed by atoms with van der Waals surface area (Å²) >= 11 is 0. The first-order chi connectivity index (χ1) is 16.3. The standard InChI is InChI=1S/C34H39/c1-19-13-28(14-20(2)31(19)25-7-8-25)34(29-15-21(3)32(22(4)16-29)26-9-10-26)30-17-23(5)33(24(6)18-30)27-11-12-27/h13-18,25-27H,7-12H2,1-6H3/q+1. The Morgan fingerprint density at radius 2 is 0.618 bits per heavy atom. The second kappa shape index (κ2) is 8.04. The average molecular weight is 448 g/mol. The Bertz CT molecular complexity index is 1050. The lowest BCUT2D eigenvalue weighted by atomic mass is 9.79. The Hall–Kier alpha value is -2.47. The van der Waals surface area contributed by atoms with Gasteiger partial charge in [0.1, 0.15) is 0 Å². The predicted octanol–water partition coefficient (Wildman–Crippen LogP) is 9.19. The summed E-state index contributed by atoms with van der Waals surface area (Å²) in [6.45, 7) is 14.0. The number of aryl methyl sites for hydroxylation is 6. The molecule has 0 heterocycles. The molecule has 174 valence electrons. The molecule has 0 nitrogen and oxygen atoms in total. The van der Waals surface area contributed by atoms with E-state index in [2.05, 4.69) is 77.9 Å². The molecule has 0 aliphatic heterocycles. The second-order valence-electron chi connectivity index (χ2n) is 11.8. The van der Waals surface area contributed by atoms with Crippen LogP contribution in [0.3, 0.4) is 0 Å². The van der Waals surface area contributed by atoms with Gasteiger partial charge in [0.15, 0.2) is 0 Å². The van der Waals surface area contributed by atoms with Crippen LogP contribution in [0.5, 0.6) is 0 Å². The second-order valence-corrected chi connectivity index (χ2v) is 11.8. The Morgan fingerprint density at radius 3 is 0.794 bits per heavy atom. The van der Waals surface area contributed by atoms with E-state index in [0.29, 0.717) is 0 Å². The fraction of sp³-hybridized carbons (Fsp3) is 0.441. The SMILES string of the molecule is Cc1cc([C+](c2cc(C)c(C3CC3)c(C)c2)c2cc(C)c(C3CC3)c(C)c2)cc(C)c1C1CC1. The first kappa shape index (κ1) is 22.0. The molecule has 0 amide bonds. The zero-order valence-corrected chi connectivity index (χ0v) is 21.9. The maximum Gasteiger partial charge on any atom is 0.0632 e. The van der Waals surface area contributed by atoms with E-state index < -0.39 is 0 Å². The molecule has 0 radical (unpaired) electrons. The van der Waals surface area contributed by atoms with E-state index in [1.54, 1.807) is 16.7 Å².